The lowest BCUT2D eigenvalue weighted by molar-refractivity contribution is -0.393. The van der Waals surface area contributed by atoms with Crippen LogP contribution in [-0.4, -0.2) is 16.0 Å². The molecular formula is C16H17N3O5. The van der Waals surface area contributed by atoms with Gasteiger partial charge in [-0.2, -0.15) is 0 Å². The molecule has 2 aromatic rings. The topological polar surface area (TPSA) is 108 Å². The van der Waals surface area contributed by atoms with E-state index in [1.807, 2.05) is 13.8 Å². The highest BCUT2D eigenvalue weighted by atomic mass is 16.6. The van der Waals surface area contributed by atoms with E-state index in [2.05, 4.69) is 5.32 Å². The van der Waals surface area contributed by atoms with Crippen LogP contribution in [0.3, 0.4) is 0 Å². The maximum atomic E-state index is 11.1. The van der Waals surface area contributed by atoms with Crippen molar-refractivity contribution in [2.24, 2.45) is 0 Å². The molecule has 0 aliphatic heterocycles. The first-order valence-electron chi connectivity index (χ1n) is 7.37. The lowest BCUT2D eigenvalue weighted by Crippen LogP contribution is -2.09. The molecule has 0 aromatic heterocycles. The van der Waals surface area contributed by atoms with Gasteiger partial charge in [0.1, 0.15) is 11.4 Å². The molecule has 0 bridgehead atoms. The number of benzene rings is 2. The monoisotopic (exact) mass is 331 g/mol. The first kappa shape index (κ1) is 17.2. The number of ether oxygens (including phenoxy) is 1. The molecule has 0 spiro atoms. The van der Waals surface area contributed by atoms with E-state index < -0.39 is 9.85 Å². The fourth-order valence-electron chi connectivity index (χ4n) is 1.98. The standard InChI is InChI=1S/C16H17N3O5/c1-3-11(2)24-14-7-4-12(5-8-14)17-15-9-6-13(18(20)21)10-16(15)19(22)23/h4-11,17H,3H2,1-2H3. The van der Waals surface area contributed by atoms with Gasteiger partial charge in [0.25, 0.3) is 11.4 Å². The Morgan fingerprint density at radius 1 is 1.08 bits per heavy atom. The van der Waals surface area contributed by atoms with Crippen LogP contribution in [0.5, 0.6) is 5.75 Å². The Labute approximate surface area is 138 Å². The quantitative estimate of drug-likeness (QED) is 0.594. The summed E-state index contributed by atoms with van der Waals surface area (Å²) in [4.78, 5) is 20.5. The summed E-state index contributed by atoms with van der Waals surface area (Å²) in [5.74, 6) is 0.702. The van der Waals surface area contributed by atoms with Crippen molar-refractivity contribution in [3.05, 3.63) is 62.7 Å². The molecule has 0 fully saturated rings. The number of nitro benzene ring substituents is 2. The van der Waals surface area contributed by atoms with Gasteiger partial charge in [-0.15, -0.1) is 0 Å². The molecule has 0 radical (unpaired) electrons. The number of hydrogen-bond donors (Lipinski definition) is 1. The second-order valence-corrected chi connectivity index (χ2v) is 5.20. The molecule has 0 aliphatic carbocycles. The largest absolute Gasteiger partial charge is 0.491 e. The van der Waals surface area contributed by atoms with Crippen molar-refractivity contribution in [1.29, 1.82) is 0 Å². The lowest BCUT2D eigenvalue weighted by Gasteiger charge is -2.13. The van der Waals surface area contributed by atoms with Crippen LogP contribution in [0.2, 0.25) is 0 Å². The summed E-state index contributed by atoms with van der Waals surface area (Å²) in [6.45, 7) is 3.99. The number of hydrogen-bond acceptors (Lipinski definition) is 6. The number of rotatable bonds is 7. The van der Waals surface area contributed by atoms with Gasteiger partial charge < -0.3 is 10.1 Å². The van der Waals surface area contributed by atoms with Gasteiger partial charge in [-0.25, -0.2) is 0 Å². The fourth-order valence-corrected chi connectivity index (χ4v) is 1.98. The second kappa shape index (κ2) is 7.40. The highest BCUT2D eigenvalue weighted by Crippen LogP contribution is 2.31. The van der Waals surface area contributed by atoms with Gasteiger partial charge in [0.05, 0.1) is 22.0 Å². The predicted octanol–water partition coefficient (Wildman–Crippen LogP) is 4.42. The third-order valence-electron chi connectivity index (χ3n) is 3.43. The Morgan fingerprint density at radius 2 is 1.75 bits per heavy atom. The first-order chi connectivity index (χ1) is 11.4. The third-order valence-corrected chi connectivity index (χ3v) is 3.43. The van der Waals surface area contributed by atoms with Gasteiger partial charge in [-0.3, -0.25) is 20.2 Å². The summed E-state index contributed by atoms with van der Waals surface area (Å²) in [7, 11) is 0. The van der Waals surface area contributed by atoms with Crippen molar-refractivity contribution in [1.82, 2.24) is 0 Å². The summed E-state index contributed by atoms with van der Waals surface area (Å²) in [6, 6.07) is 10.4. The van der Waals surface area contributed by atoms with Crippen LogP contribution in [0, 0.1) is 20.2 Å². The van der Waals surface area contributed by atoms with Crippen molar-refractivity contribution in [2.45, 2.75) is 26.4 Å². The zero-order valence-corrected chi connectivity index (χ0v) is 13.3. The minimum atomic E-state index is -0.669. The molecule has 8 nitrogen and oxygen atoms in total. The van der Waals surface area contributed by atoms with Crippen LogP contribution in [0.25, 0.3) is 0 Å². The average Bonchev–Trinajstić information content (AvgIpc) is 2.56. The number of non-ortho nitro benzene ring substituents is 1. The van der Waals surface area contributed by atoms with E-state index in [-0.39, 0.29) is 23.2 Å². The molecule has 0 heterocycles. The van der Waals surface area contributed by atoms with Crippen LogP contribution in [-0.2, 0) is 0 Å². The Morgan fingerprint density at radius 3 is 2.29 bits per heavy atom. The molecule has 2 rings (SSSR count). The summed E-state index contributed by atoms with van der Waals surface area (Å²) < 4.78 is 5.66. The summed E-state index contributed by atoms with van der Waals surface area (Å²) in [5.41, 5.74) is 0.110. The minimum Gasteiger partial charge on any atom is -0.491 e. The van der Waals surface area contributed by atoms with E-state index in [1.165, 1.54) is 12.1 Å². The Hall–Kier alpha value is -3.16. The predicted molar refractivity (Wildman–Crippen MR) is 89.9 cm³/mol. The van der Waals surface area contributed by atoms with Crippen LogP contribution in [0.1, 0.15) is 20.3 Å². The van der Waals surface area contributed by atoms with Gasteiger partial charge in [0, 0.05) is 11.8 Å². The van der Waals surface area contributed by atoms with Crippen molar-refractivity contribution < 1.29 is 14.6 Å². The van der Waals surface area contributed by atoms with Crippen molar-refractivity contribution in [2.75, 3.05) is 5.32 Å². The zero-order valence-electron chi connectivity index (χ0n) is 13.3. The maximum Gasteiger partial charge on any atom is 0.299 e. The molecule has 8 heteroatoms. The molecule has 1 N–H and O–H groups in total. The number of nitrogens with zero attached hydrogens (tertiary/aromatic N) is 2. The SMILES string of the molecule is CCC(C)Oc1ccc(Nc2ccc([N+](=O)[O-])cc2[N+](=O)[O-])cc1. The number of nitrogens with one attached hydrogen (secondary N) is 1. The molecular weight excluding hydrogens is 314 g/mol. The highest BCUT2D eigenvalue weighted by Gasteiger charge is 2.19. The smallest absolute Gasteiger partial charge is 0.299 e. The normalized spacial score (nSPS) is 11.6. The average molecular weight is 331 g/mol. The molecule has 0 aliphatic rings. The number of anilines is 2. The Balaban J connectivity index is 2.21. The van der Waals surface area contributed by atoms with E-state index in [9.17, 15) is 20.2 Å². The molecule has 1 atom stereocenters. The maximum absolute atomic E-state index is 11.1. The van der Waals surface area contributed by atoms with E-state index in [0.717, 1.165) is 12.5 Å². The van der Waals surface area contributed by atoms with Crippen LogP contribution >= 0.6 is 0 Å². The lowest BCUT2D eigenvalue weighted by atomic mass is 10.2. The fraction of sp³-hybridized carbons (Fsp3) is 0.250. The van der Waals surface area contributed by atoms with Crippen molar-refractivity contribution in [3.8, 4) is 5.75 Å². The van der Waals surface area contributed by atoms with Gasteiger partial charge in [-0.05, 0) is 43.7 Å². The summed E-state index contributed by atoms with van der Waals surface area (Å²) in [6.07, 6.45) is 0.981. The Kier molecular flexibility index (Phi) is 5.31. The molecule has 126 valence electrons. The first-order valence-corrected chi connectivity index (χ1v) is 7.37. The zero-order chi connectivity index (χ0) is 17.7. The summed E-state index contributed by atoms with van der Waals surface area (Å²) in [5, 5.41) is 24.8. The van der Waals surface area contributed by atoms with Crippen molar-refractivity contribution in [3.63, 3.8) is 0 Å². The summed E-state index contributed by atoms with van der Waals surface area (Å²) >= 11 is 0. The molecule has 0 saturated carbocycles. The highest BCUT2D eigenvalue weighted by molar-refractivity contribution is 5.71. The van der Waals surface area contributed by atoms with Gasteiger partial charge >= 0.3 is 0 Å². The molecule has 2 aromatic carbocycles. The molecule has 24 heavy (non-hydrogen) atoms. The van der Waals surface area contributed by atoms with Crippen molar-refractivity contribution >= 4 is 22.7 Å². The van der Waals surface area contributed by atoms with Gasteiger partial charge in [0.2, 0.25) is 0 Å². The molecule has 1 unspecified atom stereocenters. The third kappa shape index (κ3) is 4.19. The van der Waals surface area contributed by atoms with E-state index in [1.54, 1.807) is 24.3 Å². The van der Waals surface area contributed by atoms with Crippen LogP contribution < -0.4 is 10.1 Å². The molecule has 0 saturated heterocycles. The van der Waals surface area contributed by atoms with E-state index in [4.69, 9.17) is 4.74 Å². The molecule has 0 amide bonds. The second-order valence-electron chi connectivity index (χ2n) is 5.20. The number of nitro groups is 2. The van der Waals surface area contributed by atoms with Gasteiger partial charge in [0.15, 0.2) is 0 Å². The Bertz CT molecular complexity index is 746. The minimum absolute atomic E-state index is 0.0968. The van der Waals surface area contributed by atoms with E-state index >= 15 is 0 Å². The van der Waals surface area contributed by atoms with Crippen LogP contribution in [0.15, 0.2) is 42.5 Å². The van der Waals surface area contributed by atoms with Gasteiger partial charge in [-0.1, -0.05) is 6.92 Å². The van der Waals surface area contributed by atoms with E-state index in [0.29, 0.717) is 11.4 Å². The van der Waals surface area contributed by atoms with Crippen LogP contribution in [0.4, 0.5) is 22.7 Å².